The highest BCUT2D eigenvalue weighted by Crippen LogP contribution is 2.34. The Morgan fingerprint density at radius 2 is 1.90 bits per heavy atom. The summed E-state index contributed by atoms with van der Waals surface area (Å²) in [6, 6.07) is 2.91. The van der Waals surface area contributed by atoms with Crippen LogP contribution in [0.1, 0.15) is 48.8 Å². The molecule has 168 valence electrons. The molecule has 0 aliphatic carbocycles. The van der Waals surface area contributed by atoms with E-state index in [0.717, 1.165) is 4.88 Å². The Morgan fingerprint density at radius 3 is 2.45 bits per heavy atom. The van der Waals surface area contributed by atoms with Crippen molar-refractivity contribution in [1.29, 1.82) is 0 Å². The summed E-state index contributed by atoms with van der Waals surface area (Å²) < 4.78 is 31.2. The SMILES string of the molecule is COC(=O)c1cc(OC2CCN(C(=O)OC(C)(C)C)CC2)cc(-c2ncc(C)s2)c1F. The molecule has 3 rings (SSSR count). The Balaban J connectivity index is 1.76. The van der Waals surface area contributed by atoms with Crippen LogP contribution in [0.3, 0.4) is 0 Å². The van der Waals surface area contributed by atoms with E-state index in [9.17, 15) is 14.0 Å². The van der Waals surface area contributed by atoms with Crippen LogP contribution in [0.15, 0.2) is 18.3 Å². The zero-order valence-corrected chi connectivity index (χ0v) is 19.2. The van der Waals surface area contributed by atoms with Crippen molar-refractivity contribution in [2.45, 2.75) is 52.2 Å². The predicted molar refractivity (Wildman–Crippen MR) is 115 cm³/mol. The van der Waals surface area contributed by atoms with Crippen LogP contribution in [0.4, 0.5) is 9.18 Å². The number of rotatable bonds is 4. The van der Waals surface area contributed by atoms with Gasteiger partial charge in [0.2, 0.25) is 0 Å². The van der Waals surface area contributed by atoms with Crippen molar-refractivity contribution in [1.82, 2.24) is 9.88 Å². The molecule has 0 unspecified atom stereocenters. The number of aryl methyl sites for hydroxylation is 1. The molecule has 0 spiro atoms. The van der Waals surface area contributed by atoms with E-state index in [1.807, 2.05) is 27.7 Å². The molecular formula is C22H27FN2O5S. The molecule has 9 heteroatoms. The van der Waals surface area contributed by atoms with Crippen LogP contribution in [-0.4, -0.2) is 53.9 Å². The van der Waals surface area contributed by atoms with Gasteiger partial charge in [0.25, 0.3) is 0 Å². The Hall–Kier alpha value is -2.68. The maximum absolute atomic E-state index is 15.0. The molecule has 2 heterocycles. The minimum absolute atomic E-state index is 0.180. The average Bonchev–Trinajstić information content (AvgIpc) is 3.14. The number of ether oxygens (including phenoxy) is 3. The molecule has 2 aromatic rings. The molecule has 0 radical (unpaired) electrons. The molecule has 1 aliphatic heterocycles. The number of nitrogens with zero attached hydrogens (tertiary/aromatic N) is 2. The molecule has 1 aromatic heterocycles. The highest BCUT2D eigenvalue weighted by Gasteiger charge is 2.28. The molecule has 0 bridgehead atoms. The lowest BCUT2D eigenvalue weighted by molar-refractivity contribution is 0.0126. The standard InChI is InChI=1S/C22H27FN2O5S/c1-13-12-24-19(31-13)16-10-15(11-17(18(16)23)20(26)28-5)29-14-6-8-25(9-7-14)21(27)30-22(2,3)4/h10-12,14H,6-9H2,1-5H3. The van der Waals surface area contributed by atoms with Crippen LogP contribution in [0.2, 0.25) is 0 Å². The summed E-state index contributed by atoms with van der Waals surface area (Å²) in [5.74, 6) is -1.11. The topological polar surface area (TPSA) is 78.0 Å². The smallest absolute Gasteiger partial charge is 0.410 e. The van der Waals surface area contributed by atoms with E-state index < -0.39 is 17.4 Å². The number of carbonyl (C=O) groups excluding carboxylic acids is 2. The zero-order valence-electron chi connectivity index (χ0n) is 18.4. The van der Waals surface area contributed by atoms with Crippen LogP contribution in [0, 0.1) is 12.7 Å². The van der Waals surface area contributed by atoms with E-state index in [0.29, 0.717) is 36.7 Å². The maximum Gasteiger partial charge on any atom is 0.410 e. The second-order valence-electron chi connectivity index (χ2n) is 8.38. The molecular weight excluding hydrogens is 423 g/mol. The third-order valence-corrected chi connectivity index (χ3v) is 5.65. The molecule has 1 aliphatic rings. The number of methoxy groups -OCH3 is 1. The largest absolute Gasteiger partial charge is 0.490 e. The molecule has 1 aromatic carbocycles. The monoisotopic (exact) mass is 450 g/mol. The first-order chi connectivity index (χ1) is 14.6. The van der Waals surface area contributed by atoms with E-state index >= 15 is 0 Å². The van der Waals surface area contributed by atoms with Gasteiger partial charge in [-0.1, -0.05) is 0 Å². The average molecular weight is 451 g/mol. The van der Waals surface area contributed by atoms with Crippen molar-refractivity contribution in [2.24, 2.45) is 0 Å². The van der Waals surface area contributed by atoms with Crippen molar-refractivity contribution in [3.8, 4) is 16.3 Å². The van der Waals surface area contributed by atoms with Gasteiger partial charge >= 0.3 is 12.1 Å². The first kappa shape index (κ1) is 23.0. The van der Waals surface area contributed by atoms with E-state index in [1.54, 1.807) is 17.2 Å². The summed E-state index contributed by atoms with van der Waals surface area (Å²) in [4.78, 5) is 31.2. The summed E-state index contributed by atoms with van der Waals surface area (Å²) in [7, 11) is 1.20. The fourth-order valence-electron chi connectivity index (χ4n) is 3.23. The third kappa shape index (κ3) is 5.72. The minimum Gasteiger partial charge on any atom is -0.490 e. The van der Waals surface area contributed by atoms with Crippen molar-refractivity contribution in [2.75, 3.05) is 20.2 Å². The molecule has 0 N–H and O–H groups in total. The van der Waals surface area contributed by atoms with Gasteiger partial charge in [0.15, 0.2) is 0 Å². The summed E-state index contributed by atoms with van der Waals surface area (Å²) in [6.07, 6.45) is 2.31. The van der Waals surface area contributed by atoms with Gasteiger partial charge in [0, 0.05) is 37.0 Å². The Bertz CT molecular complexity index is 961. The molecule has 31 heavy (non-hydrogen) atoms. The van der Waals surface area contributed by atoms with Crippen molar-refractivity contribution in [3.63, 3.8) is 0 Å². The summed E-state index contributed by atoms with van der Waals surface area (Å²) in [5.41, 5.74) is -0.552. The van der Waals surface area contributed by atoms with Gasteiger partial charge < -0.3 is 19.1 Å². The van der Waals surface area contributed by atoms with Crippen LogP contribution in [0.25, 0.3) is 10.6 Å². The first-order valence-electron chi connectivity index (χ1n) is 10.1. The number of aromatic nitrogens is 1. The van der Waals surface area contributed by atoms with E-state index in [1.165, 1.54) is 24.5 Å². The number of halogens is 1. The number of amides is 1. The van der Waals surface area contributed by atoms with Crippen molar-refractivity contribution in [3.05, 3.63) is 34.6 Å². The third-order valence-electron chi connectivity index (χ3n) is 4.70. The number of carbonyl (C=O) groups is 2. The number of likely N-dealkylation sites (tertiary alicyclic amines) is 1. The Kier molecular flexibility index (Phi) is 6.83. The van der Waals surface area contributed by atoms with Crippen molar-refractivity contribution < 1.29 is 28.2 Å². The Labute approximate surface area is 185 Å². The van der Waals surface area contributed by atoms with Crippen LogP contribution >= 0.6 is 11.3 Å². The quantitative estimate of drug-likeness (QED) is 0.622. The number of hydrogen-bond donors (Lipinski definition) is 0. The molecule has 0 saturated carbocycles. The van der Waals surface area contributed by atoms with Gasteiger partial charge in [-0.3, -0.25) is 0 Å². The second-order valence-corrected chi connectivity index (χ2v) is 9.62. The van der Waals surface area contributed by atoms with Gasteiger partial charge in [-0.05, 0) is 39.8 Å². The minimum atomic E-state index is -0.780. The summed E-state index contributed by atoms with van der Waals surface area (Å²) in [6.45, 7) is 8.34. The zero-order chi connectivity index (χ0) is 22.8. The highest BCUT2D eigenvalue weighted by molar-refractivity contribution is 7.14. The normalized spacial score (nSPS) is 15.0. The lowest BCUT2D eigenvalue weighted by Gasteiger charge is -2.33. The number of thiazole rings is 1. The molecule has 1 amide bonds. The number of esters is 1. The van der Waals surface area contributed by atoms with E-state index in [2.05, 4.69) is 4.98 Å². The lowest BCUT2D eigenvalue weighted by Crippen LogP contribution is -2.44. The first-order valence-corrected chi connectivity index (χ1v) is 10.9. The second kappa shape index (κ2) is 9.21. The molecule has 7 nitrogen and oxygen atoms in total. The van der Waals surface area contributed by atoms with Gasteiger partial charge in [-0.25, -0.2) is 19.0 Å². The van der Waals surface area contributed by atoms with Crippen molar-refractivity contribution >= 4 is 23.4 Å². The maximum atomic E-state index is 15.0. The molecule has 0 atom stereocenters. The van der Waals surface area contributed by atoms with Crippen LogP contribution in [-0.2, 0) is 9.47 Å². The fourth-order valence-corrected chi connectivity index (χ4v) is 4.01. The fraction of sp³-hybridized carbons (Fsp3) is 0.500. The number of benzene rings is 1. The highest BCUT2D eigenvalue weighted by atomic mass is 32.1. The van der Waals surface area contributed by atoms with Gasteiger partial charge in [-0.15, -0.1) is 11.3 Å². The molecule has 1 saturated heterocycles. The lowest BCUT2D eigenvalue weighted by atomic mass is 10.1. The van der Waals surface area contributed by atoms with Gasteiger partial charge in [-0.2, -0.15) is 0 Å². The summed E-state index contributed by atoms with van der Waals surface area (Å²) >= 11 is 1.33. The predicted octanol–water partition coefficient (Wildman–Crippen LogP) is 4.82. The van der Waals surface area contributed by atoms with E-state index in [4.69, 9.17) is 14.2 Å². The van der Waals surface area contributed by atoms with Crippen LogP contribution < -0.4 is 4.74 Å². The van der Waals surface area contributed by atoms with Crippen LogP contribution in [0.5, 0.6) is 5.75 Å². The number of piperidine rings is 1. The number of hydrogen-bond acceptors (Lipinski definition) is 7. The van der Waals surface area contributed by atoms with Gasteiger partial charge in [0.1, 0.15) is 28.3 Å². The Morgan fingerprint density at radius 1 is 1.23 bits per heavy atom. The van der Waals surface area contributed by atoms with E-state index in [-0.39, 0.29) is 23.3 Å². The summed E-state index contributed by atoms with van der Waals surface area (Å²) in [5, 5.41) is 0.463. The van der Waals surface area contributed by atoms with Gasteiger partial charge in [0.05, 0.1) is 18.2 Å². The molecule has 1 fully saturated rings.